The third-order valence-corrected chi connectivity index (χ3v) is 3.71. The third-order valence-electron chi connectivity index (χ3n) is 3.71. The first kappa shape index (κ1) is 16.6. The van der Waals surface area contributed by atoms with E-state index >= 15 is 0 Å². The molecule has 0 saturated heterocycles. The summed E-state index contributed by atoms with van der Waals surface area (Å²) in [5, 5.41) is 14.2. The summed E-state index contributed by atoms with van der Waals surface area (Å²) in [6.07, 6.45) is 1.85. The molecule has 2 aromatic heterocycles. The van der Waals surface area contributed by atoms with Crippen LogP contribution in [0.4, 0.5) is 15.9 Å². The van der Waals surface area contributed by atoms with Gasteiger partial charge in [-0.1, -0.05) is 18.2 Å². The van der Waals surface area contributed by atoms with Crippen molar-refractivity contribution in [2.24, 2.45) is 0 Å². The van der Waals surface area contributed by atoms with E-state index in [0.29, 0.717) is 12.1 Å². The van der Waals surface area contributed by atoms with Gasteiger partial charge in [-0.05, 0) is 43.2 Å². The Balaban J connectivity index is 1.96. The van der Waals surface area contributed by atoms with Crippen molar-refractivity contribution < 1.29 is 9.31 Å². The molecule has 7 nitrogen and oxygen atoms in total. The molecule has 2 heterocycles. The molecular formula is C17H15FN4O3. The molecule has 0 aliphatic heterocycles. The number of nitrogens with one attached hydrogen (secondary N) is 1. The van der Waals surface area contributed by atoms with E-state index in [1.54, 1.807) is 37.3 Å². The molecule has 1 atom stereocenters. The molecule has 1 unspecified atom stereocenters. The number of nitro groups is 1. The highest BCUT2D eigenvalue weighted by atomic mass is 19.1. The molecule has 3 rings (SSSR count). The molecule has 0 amide bonds. The fourth-order valence-corrected chi connectivity index (χ4v) is 2.65. The Bertz CT molecular complexity index is 1000. The summed E-state index contributed by atoms with van der Waals surface area (Å²) >= 11 is 0. The summed E-state index contributed by atoms with van der Waals surface area (Å²) < 4.78 is 14.4. The van der Waals surface area contributed by atoms with Crippen molar-refractivity contribution in [2.75, 3.05) is 5.32 Å². The second-order valence-electron chi connectivity index (χ2n) is 5.68. The zero-order valence-electron chi connectivity index (χ0n) is 13.3. The van der Waals surface area contributed by atoms with Crippen LogP contribution in [0.25, 0.3) is 5.65 Å². The average molecular weight is 342 g/mol. The minimum absolute atomic E-state index is 0.0925. The number of nitrogens with zero attached hydrogens (tertiary/aromatic N) is 3. The van der Waals surface area contributed by atoms with Gasteiger partial charge in [-0.25, -0.2) is 9.37 Å². The molecule has 128 valence electrons. The van der Waals surface area contributed by atoms with Gasteiger partial charge in [0.1, 0.15) is 11.5 Å². The predicted molar refractivity (Wildman–Crippen MR) is 91.3 cm³/mol. The number of fused-ring (bicyclic) bond motifs is 1. The number of benzene rings is 1. The number of hydrogen-bond donors (Lipinski definition) is 1. The number of hydrogen-bond acceptors (Lipinski definition) is 5. The van der Waals surface area contributed by atoms with Gasteiger partial charge in [0, 0.05) is 12.2 Å². The maximum absolute atomic E-state index is 13.3. The van der Waals surface area contributed by atoms with Crippen LogP contribution in [-0.4, -0.2) is 20.3 Å². The van der Waals surface area contributed by atoms with Crippen molar-refractivity contribution in [3.63, 3.8) is 0 Å². The molecule has 25 heavy (non-hydrogen) atoms. The van der Waals surface area contributed by atoms with E-state index in [0.717, 1.165) is 9.96 Å². The minimum Gasteiger partial charge on any atom is -0.361 e. The highest BCUT2D eigenvalue weighted by Gasteiger charge is 2.24. The SMILES string of the molecule is CC(Cc1cccc(F)c1)Nc1nc2ccccn2c(=O)c1[N+](=O)[O-]. The van der Waals surface area contributed by atoms with E-state index in [2.05, 4.69) is 10.3 Å². The van der Waals surface area contributed by atoms with Crippen LogP contribution in [0.2, 0.25) is 0 Å². The lowest BCUT2D eigenvalue weighted by Gasteiger charge is -2.15. The quantitative estimate of drug-likeness (QED) is 0.569. The van der Waals surface area contributed by atoms with Crippen LogP contribution in [0, 0.1) is 15.9 Å². The first-order chi connectivity index (χ1) is 12.0. The van der Waals surface area contributed by atoms with Crippen molar-refractivity contribution in [3.8, 4) is 0 Å². The summed E-state index contributed by atoms with van der Waals surface area (Å²) in [5.41, 5.74) is -0.329. The van der Waals surface area contributed by atoms with Crippen LogP contribution >= 0.6 is 0 Å². The van der Waals surface area contributed by atoms with Gasteiger partial charge < -0.3 is 5.32 Å². The fourth-order valence-electron chi connectivity index (χ4n) is 2.65. The summed E-state index contributed by atoms with van der Waals surface area (Å²) in [4.78, 5) is 27.1. The Morgan fingerprint density at radius 2 is 2.12 bits per heavy atom. The van der Waals surface area contributed by atoms with E-state index in [4.69, 9.17) is 0 Å². The average Bonchev–Trinajstić information content (AvgIpc) is 2.54. The molecule has 0 fully saturated rings. The first-order valence-electron chi connectivity index (χ1n) is 7.62. The Hall–Kier alpha value is -3.29. The normalized spacial score (nSPS) is 12.1. The highest BCUT2D eigenvalue weighted by molar-refractivity contribution is 5.60. The molecule has 0 aliphatic rings. The fraction of sp³-hybridized carbons (Fsp3) is 0.176. The maximum atomic E-state index is 13.3. The Morgan fingerprint density at radius 3 is 2.84 bits per heavy atom. The topological polar surface area (TPSA) is 89.5 Å². The Morgan fingerprint density at radius 1 is 1.32 bits per heavy atom. The van der Waals surface area contributed by atoms with E-state index in [1.807, 2.05) is 0 Å². The highest BCUT2D eigenvalue weighted by Crippen LogP contribution is 2.20. The van der Waals surface area contributed by atoms with Crippen LogP contribution in [0.15, 0.2) is 53.5 Å². The van der Waals surface area contributed by atoms with Crippen LogP contribution in [0.1, 0.15) is 12.5 Å². The lowest BCUT2D eigenvalue weighted by atomic mass is 10.1. The summed E-state index contributed by atoms with van der Waals surface area (Å²) in [5.74, 6) is -0.442. The number of rotatable bonds is 5. The van der Waals surface area contributed by atoms with Gasteiger partial charge >= 0.3 is 11.2 Å². The van der Waals surface area contributed by atoms with E-state index < -0.39 is 16.2 Å². The van der Waals surface area contributed by atoms with Crippen LogP contribution < -0.4 is 10.9 Å². The Kier molecular flexibility index (Phi) is 4.42. The zero-order valence-corrected chi connectivity index (χ0v) is 13.3. The molecule has 3 aromatic rings. The molecule has 0 bridgehead atoms. The second-order valence-corrected chi connectivity index (χ2v) is 5.68. The Labute approximate surface area is 141 Å². The zero-order chi connectivity index (χ0) is 18.0. The third kappa shape index (κ3) is 3.47. The predicted octanol–water partition coefficient (Wildman–Crippen LogP) is 2.78. The number of anilines is 1. The van der Waals surface area contributed by atoms with Crippen molar-refractivity contribution >= 4 is 17.2 Å². The molecule has 0 spiro atoms. The smallest absolute Gasteiger partial charge is 0.361 e. The van der Waals surface area contributed by atoms with Crippen molar-refractivity contribution in [2.45, 2.75) is 19.4 Å². The van der Waals surface area contributed by atoms with Gasteiger partial charge in [0.25, 0.3) is 0 Å². The summed E-state index contributed by atoms with van der Waals surface area (Å²) in [6.45, 7) is 1.78. The van der Waals surface area contributed by atoms with Crippen LogP contribution in [-0.2, 0) is 6.42 Å². The summed E-state index contributed by atoms with van der Waals surface area (Å²) in [6, 6.07) is 10.7. The van der Waals surface area contributed by atoms with Gasteiger partial charge in [-0.2, -0.15) is 0 Å². The van der Waals surface area contributed by atoms with E-state index in [9.17, 15) is 19.3 Å². The largest absolute Gasteiger partial charge is 0.376 e. The van der Waals surface area contributed by atoms with E-state index in [-0.39, 0.29) is 17.7 Å². The number of aromatic nitrogens is 2. The maximum Gasteiger partial charge on any atom is 0.376 e. The van der Waals surface area contributed by atoms with Gasteiger partial charge in [0.05, 0.1) is 4.92 Å². The molecule has 1 aromatic carbocycles. The van der Waals surface area contributed by atoms with Gasteiger partial charge in [-0.3, -0.25) is 19.3 Å². The van der Waals surface area contributed by atoms with E-state index in [1.165, 1.54) is 18.3 Å². The van der Waals surface area contributed by atoms with Gasteiger partial charge in [0.15, 0.2) is 0 Å². The summed E-state index contributed by atoms with van der Waals surface area (Å²) in [7, 11) is 0. The lowest BCUT2D eigenvalue weighted by Crippen LogP contribution is -2.25. The second kappa shape index (κ2) is 6.68. The molecule has 0 aliphatic carbocycles. The van der Waals surface area contributed by atoms with Crippen LogP contribution in [0.3, 0.4) is 0 Å². The molecular weight excluding hydrogens is 327 g/mol. The first-order valence-corrected chi connectivity index (χ1v) is 7.62. The monoisotopic (exact) mass is 342 g/mol. The standard InChI is InChI=1S/C17H15FN4O3/c1-11(9-12-5-4-6-13(18)10-12)19-16-15(22(24)25)17(23)21-8-3-2-7-14(21)20-16/h2-8,10-11,19H,9H2,1H3. The lowest BCUT2D eigenvalue weighted by molar-refractivity contribution is -0.385. The number of pyridine rings is 1. The minimum atomic E-state index is -0.754. The van der Waals surface area contributed by atoms with Crippen LogP contribution in [0.5, 0.6) is 0 Å². The number of halogens is 1. The van der Waals surface area contributed by atoms with Gasteiger partial charge in [-0.15, -0.1) is 0 Å². The molecule has 0 saturated carbocycles. The van der Waals surface area contributed by atoms with Crippen molar-refractivity contribution in [1.82, 2.24) is 9.38 Å². The van der Waals surface area contributed by atoms with Crippen molar-refractivity contribution in [1.29, 1.82) is 0 Å². The van der Waals surface area contributed by atoms with Crippen molar-refractivity contribution in [3.05, 3.63) is 80.5 Å². The molecule has 1 N–H and O–H groups in total. The molecule has 8 heteroatoms. The molecule has 0 radical (unpaired) electrons. The van der Waals surface area contributed by atoms with Gasteiger partial charge in [0.2, 0.25) is 5.82 Å².